The molecule has 0 saturated carbocycles. The smallest absolute Gasteiger partial charge is 0.282 e. The predicted octanol–water partition coefficient (Wildman–Crippen LogP) is 2.98. The first-order valence-electron chi connectivity index (χ1n) is 6.75. The van der Waals surface area contributed by atoms with E-state index in [1.807, 2.05) is 24.3 Å². The molecule has 0 aliphatic carbocycles. The molecular weight excluding hydrogens is 302 g/mol. The van der Waals surface area contributed by atoms with Gasteiger partial charge in [-0.1, -0.05) is 23.7 Å². The van der Waals surface area contributed by atoms with Crippen LogP contribution in [-0.2, 0) is 4.74 Å². The number of anilines is 1. The van der Waals surface area contributed by atoms with E-state index in [1.54, 1.807) is 24.3 Å². The summed E-state index contributed by atoms with van der Waals surface area (Å²) in [5, 5.41) is 3.44. The molecule has 5 nitrogen and oxygen atoms in total. The van der Waals surface area contributed by atoms with Crippen molar-refractivity contribution in [1.82, 2.24) is 0 Å². The van der Waals surface area contributed by atoms with Gasteiger partial charge in [0.05, 0.1) is 0 Å². The first-order valence-corrected chi connectivity index (χ1v) is 7.12. The Morgan fingerprint density at radius 1 is 1.27 bits per heavy atom. The second kappa shape index (κ2) is 6.07. The highest BCUT2D eigenvalue weighted by atomic mass is 35.5. The van der Waals surface area contributed by atoms with Gasteiger partial charge in [-0.05, 0) is 42.0 Å². The van der Waals surface area contributed by atoms with E-state index in [0.717, 1.165) is 5.56 Å². The van der Waals surface area contributed by atoms with Crippen molar-refractivity contribution in [2.45, 2.75) is 6.04 Å². The molecule has 2 aromatic rings. The van der Waals surface area contributed by atoms with E-state index in [0.29, 0.717) is 22.9 Å². The number of carbonyl (C=O) groups excluding carboxylic acids is 1. The van der Waals surface area contributed by atoms with Crippen molar-refractivity contribution in [3.05, 3.63) is 64.7 Å². The molecule has 0 radical (unpaired) electrons. The van der Waals surface area contributed by atoms with Crippen molar-refractivity contribution >= 4 is 29.2 Å². The lowest BCUT2D eigenvalue weighted by Gasteiger charge is -2.09. The van der Waals surface area contributed by atoms with Gasteiger partial charge in [0, 0.05) is 16.3 Å². The highest BCUT2D eigenvalue weighted by Gasteiger charge is 2.19. The van der Waals surface area contributed by atoms with E-state index < -0.39 is 0 Å². The molecule has 2 aromatic carbocycles. The fraction of sp³-hybridized carbons (Fsp3) is 0.125. The van der Waals surface area contributed by atoms with Crippen LogP contribution in [0.4, 0.5) is 5.69 Å². The molecule has 0 spiro atoms. The molecule has 1 aliphatic heterocycles. The molecule has 0 unspecified atom stereocenters. The summed E-state index contributed by atoms with van der Waals surface area (Å²) in [5.74, 6) is -0.195. The number of amides is 1. The van der Waals surface area contributed by atoms with E-state index in [9.17, 15) is 4.79 Å². The highest BCUT2D eigenvalue weighted by Crippen LogP contribution is 2.24. The maximum absolute atomic E-state index is 12.2. The van der Waals surface area contributed by atoms with Gasteiger partial charge in [0.2, 0.25) is 0 Å². The Labute approximate surface area is 132 Å². The van der Waals surface area contributed by atoms with Gasteiger partial charge < -0.3 is 15.8 Å². The number of benzene rings is 2. The molecule has 1 heterocycles. The predicted molar refractivity (Wildman–Crippen MR) is 86.2 cm³/mol. The Morgan fingerprint density at radius 3 is 2.73 bits per heavy atom. The summed E-state index contributed by atoms with van der Waals surface area (Å²) < 4.78 is 5.15. The van der Waals surface area contributed by atoms with Gasteiger partial charge in [0.15, 0.2) is 0 Å². The van der Waals surface area contributed by atoms with Crippen LogP contribution in [0, 0.1) is 0 Å². The summed E-state index contributed by atoms with van der Waals surface area (Å²) in [5.41, 5.74) is 7.69. The summed E-state index contributed by atoms with van der Waals surface area (Å²) in [6.45, 7) is 0.417. The number of aliphatic imine (C=N–C) groups is 1. The average molecular weight is 316 g/mol. The third-order valence-corrected chi connectivity index (χ3v) is 3.56. The minimum Gasteiger partial charge on any atom is -0.463 e. The molecule has 1 aliphatic rings. The van der Waals surface area contributed by atoms with Crippen LogP contribution >= 0.6 is 11.6 Å². The van der Waals surface area contributed by atoms with Crippen molar-refractivity contribution < 1.29 is 9.53 Å². The standard InChI is InChI=1S/C16H14ClN3O2/c17-12-6-4-10(5-7-12)15(21)19-13-3-1-2-11(8-13)14-9-22-16(18)20-14/h1-8,14H,9H2,(H2,18,20)(H,19,21)/t14-/m1/s1. The largest absolute Gasteiger partial charge is 0.463 e. The SMILES string of the molecule is NC1=N[C@@H](c2cccc(NC(=O)c3ccc(Cl)cc3)c2)CO1. The lowest BCUT2D eigenvalue weighted by Crippen LogP contribution is -2.12. The summed E-state index contributed by atoms with van der Waals surface area (Å²) in [7, 11) is 0. The normalized spacial score (nSPS) is 16.8. The Bertz CT molecular complexity index is 728. The van der Waals surface area contributed by atoms with Crippen LogP contribution in [0.2, 0.25) is 5.02 Å². The van der Waals surface area contributed by atoms with Crippen molar-refractivity contribution in [1.29, 1.82) is 0 Å². The molecule has 22 heavy (non-hydrogen) atoms. The summed E-state index contributed by atoms with van der Waals surface area (Å²) in [4.78, 5) is 16.4. The maximum atomic E-state index is 12.2. The van der Waals surface area contributed by atoms with E-state index in [1.165, 1.54) is 0 Å². The van der Waals surface area contributed by atoms with Crippen LogP contribution < -0.4 is 11.1 Å². The van der Waals surface area contributed by atoms with Gasteiger partial charge in [0.1, 0.15) is 12.6 Å². The lowest BCUT2D eigenvalue weighted by molar-refractivity contribution is 0.102. The van der Waals surface area contributed by atoms with E-state index in [-0.39, 0.29) is 18.0 Å². The number of halogens is 1. The molecular formula is C16H14ClN3O2. The van der Waals surface area contributed by atoms with Crippen LogP contribution in [0.1, 0.15) is 22.0 Å². The Kier molecular flexibility index (Phi) is 3.98. The lowest BCUT2D eigenvalue weighted by atomic mass is 10.1. The monoisotopic (exact) mass is 315 g/mol. The second-order valence-electron chi connectivity index (χ2n) is 4.88. The van der Waals surface area contributed by atoms with Crippen LogP contribution in [0.15, 0.2) is 53.5 Å². The van der Waals surface area contributed by atoms with E-state index in [2.05, 4.69) is 10.3 Å². The molecule has 3 N–H and O–H groups in total. The zero-order valence-electron chi connectivity index (χ0n) is 11.6. The molecule has 112 valence electrons. The highest BCUT2D eigenvalue weighted by molar-refractivity contribution is 6.30. The fourth-order valence-electron chi connectivity index (χ4n) is 2.19. The minimum atomic E-state index is -0.195. The minimum absolute atomic E-state index is 0.132. The molecule has 1 atom stereocenters. The molecule has 0 saturated heterocycles. The number of hydrogen-bond donors (Lipinski definition) is 2. The van der Waals surface area contributed by atoms with Gasteiger partial charge in [-0.25, -0.2) is 4.99 Å². The molecule has 1 amide bonds. The summed E-state index contributed by atoms with van der Waals surface area (Å²) >= 11 is 5.82. The van der Waals surface area contributed by atoms with Crippen molar-refractivity contribution in [2.24, 2.45) is 10.7 Å². The van der Waals surface area contributed by atoms with Crippen LogP contribution in [-0.4, -0.2) is 18.5 Å². The Hall–Kier alpha value is -2.53. The number of amidine groups is 1. The van der Waals surface area contributed by atoms with Gasteiger partial charge in [-0.3, -0.25) is 4.79 Å². The summed E-state index contributed by atoms with van der Waals surface area (Å²) in [6.07, 6.45) is 0. The summed E-state index contributed by atoms with van der Waals surface area (Å²) in [6, 6.07) is 14.2. The third kappa shape index (κ3) is 3.20. The first kappa shape index (κ1) is 14.4. The van der Waals surface area contributed by atoms with Crippen LogP contribution in [0.3, 0.4) is 0 Å². The number of rotatable bonds is 3. The van der Waals surface area contributed by atoms with E-state index >= 15 is 0 Å². The second-order valence-corrected chi connectivity index (χ2v) is 5.32. The molecule has 0 bridgehead atoms. The third-order valence-electron chi connectivity index (χ3n) is 3.31. The Balaban J connectivity index is 1.75. The topological polar surface area (TPSA) is 76.7 Å². The number of nitrogens with zero attached hydrogens (tertiary/aromatic N) is 1. The van der Waals surface area contributed by atoms with Crippen molar-refractivity contribution in [2.75, 3.05) is 11.9 Å². The number of hydrogen-bond acceptors (Lipinski definition) is 4. The van der Waals surface area contributed by atoms with Gasteiger partial charge in [-0.2, -0.15) is 0 Å². The molecule has 3 rings (SSSR count). The van der Waals surface area contributed by atoms with Gasteiger partial charge in [0.25, 0.3) is 11.9 Å². The average Bonchev–Trinajstić information content (AvgIpc) is 2.95. The van der Waals surface area contributed by atoms with E-state index in [4.69, 9.17) is 22.1 Å². The Morgan fingerprint density at radius 2 is 2.05 bits per heavy atom. The molecule has 0 fully saturated rings. The zero-order valence-corrected chi connectivity index (χ0v) is 12.4. The van der Waals surface area contributed by atoms with Crippen LogP contribution in [0.5, 0.6) is 0 Å². The van der Waals surface area contributed by atoms with Gasteiger partial charge >= 0.3 is 0 Å². The number of ether oxygens (including phenoxy) is 1. The van der Waals surface area contributed by atoms with Crippen molar-refractivity contribution in [3.63, 3.8) is 0 Å². The van der Waals surface area contributed by atoms with Gasteiger partial charge in [-0.15, -0.1) is 0 Å². The van der Waals surface area contributed by atoms with Crippen molar-refractivity contribution in [3.8, 4) is 0 Å². The zero-order chi connectivity index (χ0) is 15.5. The number of carbonyl (C=O) groups is 1. The van der Waals surface area contributed by atoms with Crippen LogP contribution in [0.25, 0.3) is 0 Å². The molecule has 0 aromatic heterocycles. The number of nitrogens with one attached hydrogen (secondary N) is 1. The number of nitrogens with two attached hydrogens (primary N) is 1. The fourth-order valence-corrected chi connectivity index (χ4v) is 2.32. The maximum Gasteiger partial charge on any atom is 0.282 e. The molecule has 6 heteroatoms. The first-order chi connectivity index (χ1) is 10.6. The quantitative estimate of drug-likeness (QED) is 0.914.